The number of alkyl halides is 1. The number of nitrogens with one attached hydrogen (secondary N) is 1. The second-order valence-corrected chi connectivity index (χ2v) is 22.1. The molecule has 1 fully saturated rings. The Balaban J connectivity index is 2.88. The summed E-state index contributed by atoms with van der Waals surface area (Å²) < 4.78 is 13.0. The van der Waals surface area contributed by atoms with Crippen LogP contribution in [-0.4, -0.2) is 46.1 Å². The first-order valence-electron chi connectivity index (χ1n) is 10.8. The van der Waals surface area contributed by atoms with Crippen LogP contribution in [0.1, 0.15) is 55.4 Å². The fraction of sp³-hybridized carbons (Fsp3) is 0.864. The lowest BCUT2D eigenvalue weighted by Crippen LogP contribution is -2.65. The van der Waals surface area contributed by atoms with Gasteiger partial charge in [-0.2, -0.15) is 0 Å². The highest BCUT2D eigenvalue weighted by molar-refractivity contribution is 9.09. The largest absolute Gasteiger partial charge is 0.415 e. The van der Waals surface area contributed by atoms with Crippen molar-refractivity contribution in [3.63, 3.8) is 0 Å². The van der Waals surface area contributed by atoms with E-state index in [0.29, 0.717) is 6.61 Å². The van der Waals surface area contributed by atoms with E-state index in [9.17, 15) is 4.79 Å². The fourth-order valence-electron chi connectivity index (χ4n) is 3.03. The van der Waals surface area contributed by atoms with Gasteiger partial charge in [0, 0.05) is 0 Å². The van der Waals surface area contributed by atoms with E-state index in [0.717, 1.165) is 0 Å². The molecule has 0 aromatic rings. The number of halogens is 1. The maximum Gasteiger partial charge on any atom is 0.228 e. The van der Waals surface area contributed by atoms with Crippen molar-refractivity contribution in [3.05, 3.63) is 11.6 Å². The van der Waals surface area contributed by atoms with Gasteiger partial charge in [0.1, 0.15) is 0 Å². The molecule has 1 aliphatic heterocycles. The van der Waals surface area contributed by atoms with Crippen LogP contribution in [0.2, 0.25) is 36.3 Å². The van der Waals surface area contributed by atoms with Crippen LogP contribution in [0.15, 0.2) is 11.6 Å². The van der Waals surface area contributed by atoms with E-state index < -0.39 is 16.6 Å². The first kappa shape index (κ1) is 27.1. The van der Waals surface area contributed by atoms with Crippen molar-refractivity contribution in [1.82, 2.24) is 5.32 Å². The van der Waals surface area contributed by atoms with E-state index in [1.807, 2.05) is 6.92 Å². The second kappa shape index (κ2) is 9.27. The number of hydrogen-bond acceptors (Lipinski definition) is 3. The number of carbonyl (C=O) groups excluding carboxylic acids is 1. The zero-order valence-electron chi connectivity index (χ0n) is 20.7. The molecule has 0 unspecified atom stereocenters. The van der Waals surface area contributed by atoms with Crippen molar-refractivity contribution < 1.29 is 13.6 Å². The average molecular weight is 507 g/mol. The van der Waals surface area contributed by atoms with Gasteiger partial charge in [-0.25, -0.2) is 0 Å². The number of hydrogen-bond donors (Lipinski definition) is 1. The Morgan fingerprint density at radius 2 is 1.59 bits per heavy atom. The number of carbonyl (C=O) groups is 1. The maximum absolute atomic E-state index is 12.5. The van der Waals surface area contributed by atoms with Crippen molar-refractivity contribution in [2.45, 2.75) is 109 Å². The molecule has 4 atom stereocenters. The molecule has 1 N–H and O–H groups in total. The van der Waals surface area contributed by atoms with Crippen molar-refractivity contribution in [2.24, 2.45) is 5.92 Å². The van der Waals surface area contributed by atoms with E-state index in [1.165, 1.54) is 5.57 Å². The lowest BCUT2D eigenvalue weighted by atomic mass is 9.80. The number of allylic oxidation sites excluding steroid dienone is 1. The second-order valence-electron chi connectivity index (χ2n) is 11.4. The van der Waals surface area contributed by atoms with Gasteiger partial charge < -0.3 is 14.2 Å². The van der Waals surface area contributed by atoms with Gasteiger partial charge in [-0.05, 0) is 55.7 Å². The van der Waals surface area contributed by atoms with Gasteiger partial charge in [0.25, 0.3) is 0 Å². The third-order valence-electron chi connectivity index (χ3n) is 7.20. The van der Waals surface area contributed by atoms with Gasteiger partial charge in [-0.1, -0.05) is 63.5 Å². The predicted molar refractivity (Wildman–Crippen MR) is 133 cm³/mol. The zero-order chi connectivity index (χ0) is 23.0. The molecule has 1 saturated heterocycles. The quantitative estimate of drug-likeness (QED) is 0.183. The van der Waals surface area contributed by atoms with Gasteiger partial charge in [0.05, 0.1) is 29.5 Å². The van der Waals surface area contributed by atoms with Crippen LogP contribution in [-0.2, 0) is 13.6 Å². The minimum atomic E-state index is -1.94. The Hall–Kier alpha value is 0.0438. The van der Waals surface area contributed by atoms with Gasteiger partial charge >= 0.3 is 0 Å². The van der Waals surface area contributed by atoms with Crippen LogP contribution < -0.4 is 5.32 Å². The highest BCUT2D eigenvalue weighted by Crippen LogP contribution is 2.41. The Morgan fingerprint density at radius 1 is 1.10 bits per heavy atom. The standard InChI is InChI=1S/C22H44BrNO3Si2/c1-13-16(17(23)14-26-28(9,10)21(3,4)5)19-18(20(25)24-19)15(2)27-29(11,12)22(6,7)8/h13,15,17-19H,14H2,1-12H3,(H,24,25)/b16-13+/t15-,17-,18-,19+/m1/s1. The summed E-state index contributed by atoms with van der Waals surface area (Å²) in [6.45, 7) is 27.2. The Labute approximate surface area is 190 Å². The van der Waals surface area contributed by atoms with Crippen LogP contribution in [0.5, 0.6) is 0 Å². The highest BCUT2D eigenvalue weighted by atomic mass is 79.9. The lowest BCUT2D eigenvalue weighted by molar-refractivity contribution is -0.138. The minimum absolute atomic E-state index is 0.000316. The van der Waals surface area contributed by atoms with Crippen molar-refractivity contribution in [2.75, 3.05) is 6.61 Å². The van der Waals surface area contributed by atoms with Gasteiger partial charge in [0.2, 0.25) is 5.91 Å². The molecule has 0 aliphatic carbocycles. The topological polar surface area (TPSA) is 47.6 Å². The molecule has 170 valence electrons. The van der Waals surface area contributed by atoms with Crippen LogP contribution >= 0.6 is 15.9 Å². The molecule has 4 nitrogen and oxygen atoms in total. The number of amides is 1. The van der Waals surface area contributed by atoms with E-state index in [2.05, 4.69) is 102 Å². The number of rotatable bonds is 8. The highest BCUT2D eigenvalue weighted by Gasteiger charge is 2.49. The Morgan fingerprint density at radius 3 is 1.97 bits per heavy atom. The molecule has 7 heteroatoms. The minimum Gasteiger partial charge on any atom is -0.415 e. The molecule has 0 aromatic heterocycles. The third-order valence-corrected chi connectivity index (χ3v) is 17.1. The maximum atomic E-state index is 12.5. The molecular formula is C22H44BrNO3Si2. The van der Waals surface area contributed by atoms with Crippen LogP contribution in [0, 0.1) is 5.92 Å². The average Bonchev–Trinajstić information content (AvgIpc) is 2.49. The SMILES string of the molecule is C/C=C(\[C@H](Br)CO[Si](C)(C)C(C)(C)C)[C@@H]1NC(=O)[C@@H]1[C@@H](C)O[Si](C)(C)C(C)(C)C. The van der Waals surface area contributed by atoms with Gasteiger partial charge in [-0.15, -0.1) is 0 Å². The van der Waals surface area contributed by atoms with Crippen LogP contribution in [0.3, 0.4) is 0 Å². The van der Waals surface area contributed by atoms with E-state index in [-0.39, 0.29) is 38.9 Å². The Kier molecular flexibility index (Phi) is 8.65. The van der Waals surface area contributed by atoms with Gasteiger partial charge in [-0.3, -0.25) is 4.79 Å². The summed E-state index contributed by atoms with van der Waals surface area (Å²) in [6.07, 6.45) is 2.01. The summed E-state index contributed by atoms with van der Waals surface area (Å²) >= 11 is 3.83. The van der Waals surface area contributed by atoms with E-state index >= 15 is 0 Å². The molecule has 1 heterocycles. The van der Waals surface area contributed by atoms with Crippen LogP contribution in [0.4, 0.5) is 0 Å². The molecule has 1 amide bonds. The third kappa shape index (κ3) is 6.28. The molecule has 1 aliphatic rings. The number of β-lactam (4-membered cyclic amide) rings is 1. The molecule has 0 saturated carbocycles. The van der Waals surface area contributed by atoms with E-state index in [1.54, 1.807) is 0 Å². The van der Waals surface area contributed by atoms with Crippen molar-refractivity contribution in [1.29, 1.82) is 0 Å². The summed E-state index contributed by atoms with van der Waals surface area (Å²) in [7, 11) is -3.76. The summed E-state index contributed by atoms with van der Waals surface area (Å²) in [5, 5.41) is 3.41. The normalized spacial score (nSPS) is 24.0. The summed E-state index contributed by atoms with van der Waals surface area (Å²) in [6, 6.07) is -0.000316. The molecule has 0 spiro atoms. The monoisotopic (exact) mass is 505 g/mol. The summed E-state index contributed by atoms with van der Waals surface area (Å²) in [5.74, 6) is -0.0613. The zero-order valence-corrected chi connectivity index (χ0v) is 24.3. The molecular weight excluding hydrogens is 462 g/mol. The van der Waals surface area contributed by atoms with E-state index in [4.69, 9.17) is 8.85 Å². The van der Waals surface area contributed by atoms with Crippen molar-refractivity contribution >= 4 is 38.5 Å². The van der Waals surface area contributed by atoms with Gasteiger partial charge in [0.15, 0.2) is 16.6 Å². The lowest BCUT2D eigenvalue weighted by Gasteiger charge is -2.47. The molecule has 0 radical (unpaired) electrons. The predicted octanol–water partition coefficient (Wildman–Crippen LogP) is 6.24. The van der Waals surface area contributed by atoms with Crippen molar-refractivity contribution in [3.8, 4) is 0 Å². The first-order valence-corrected chi connectivity index (χ1v) is 17.5. The smallest absolute Gasteiger partial charge is 0.228 e. The summed E-state index contributed by atoms with van der Waals surface area (Å²) in [5.41, 5.74) is 1.18. The molecule has 0 aromatic carbocycles. The fourth-order valence-corrected chi connectivity index (χ4v) is 6.40. The molecule has 29 heavy (non-hydrogen) atoms. The van der Waals surface area contributed by atoms with Crippen LogP contribution in [0.25, 0.3) is 0 Å². The first-order chi connectivity index (χ1) is 12.9. The Bertz CT molecular complexity index is 621. The molecule has 0 bridgehead atoms. The summed E-state index contributed by atoms with van der Waals surface area (Å²) in [4.78, 5) is 12.5. The molecule has 1 rings (SSSR count).